The first-order valence-corrected chi connectivity index (χ1v) is 4.90. The first-order chi connectivity index (χ1) is 6.24. The zero-order chi connectivity index (χ0) is 10.1. The maximum Gasteiger partial charge on any atom is 0.146 e. The van der Waals surface area contributed by atoms with Crippen molar-refractivity contribution in [2.24, 2.45) is 5.92 Å². The highest BCUT2D eigenvalue weighted by molar-refractivity contribution is 5.80. The summed E-state index contributed by atoms with van der Waals surface area (Å²) in [5, 5.41) is 2.90. The quantitative estimate of drug-likeness (QED) is 0.477. The Morgan fingerprint density at radius 3 is 2.54 bits per heavy atom. The lowest BCUT2D eigenvalue weighted by molar-refractivity contribution is -0.119. The molecule has 0 fully saturated rings. The first-order valence-electron chi connectivity index (χ1n) is 4.90. The topological polar surface area (TPSA) is 29.1 Å². The molecule has 74 valence electrons. The first kappa shape index (κ1) is 12.2. The number of nitrogens with one attached hydrogen (secondary N) is 1. The number of Topliss-reactive ketones (excluding diaryl/α,β-unsaturated/α-hetero) is 1. The van der Waals surface area contributed by atoms with Crippen LogP contribution in [0.3, 0.4) is 0 Å². The van der Waals surface area contributed by atoms with Gasteiger partial charge in [-0.25, -0.2) is 0 Å². The van der Waals surface area contributed by atoms with Crippen LogP contribution >= 0.6 is 0 Å². The van der Waals surface area contributed by atoms with Crippen molar-refractivity contribution < 1.29 is 4.79 Å². The van der Waals surface area contributed by atoms with Crippen LogP contribution in [0, 0.1) is 18.3 Å². The Kier molecular flexibility index (Phi) is 7.33. The number of rotatable bonds is 7. The van der Waals surface area contributed by atoms with Gasteiger partial charge in [0.2, 0.25) is 0 Å². The van der Waals surface area contributed by atoms with E-state index in [1.54, 1.807) is 0 Å². The number of hydrogen-bond acceptors (Lipinski definition) is 2. The van der Waals surface area contributed by atoms with E-state index in [0.717, 1.165) is 12.8 Å². The van der Waals surface area contributed by atoms with Crippen LogP contribution in [0.2, 0.25) is 0 Å². The van der Waals surface area contributed by atoms with Gasteiger partial charge in [0.1, 0.15) is 5.78 Å². The van der Waals surface area contributed by atoms with Crippen LogP contribution in [0.4, 0.5) is 0 Å². The van der Waals surface area contributed by atoms with E-state index in [-0.39, 0.29) is 5.78 Å². The number of carbonyl (C=O) groups is 1. The number of ketones is 1. The van der Waals surface area contributed by atoms with E-state index in [0.29, 0.717) is 25.4 Å². The van der Waals surface area contributed by atoms with E-state index < -0.39 is 0 Å². The van der Waals surface area contributed by atoms with Crippen LogP contribution in [0.15, 0.2) is 0 Å². The zero-order valence-corrected chi connectivity index (χ0v) is 8.60. The van der Waals surface area contributed by atoms with Gasteiger partial charge < -0.3 is 0 Å². The molecule has 0 amide bonds. The fourth-order valence-electron chi connectivity index (χ4n) is 1.25. The highest BCUT2D eigenvalue weighted by Crippen LogP contribution is 2.12. The molecule has 0 aliphatic carbocycles. The molecule has 0 radical (unpaired) electrons. The summed E-state index contributed by atoms with van der Waals surface area (Å²) in [5.74, 6) is 3.25. The molecule has 0 aromatic rings. The van der Waals surface area contributed by atoms with Crippen LogP contribution in [-0.2, 0) is 4.79 Å². The molecule has 0 aliphatic heterocycles. The Bertz CT molecular complexity index is 177. The van der Waals surface area contributed by atoms with Gasteiger partial charge in [0, 0.05) is 6.42 Å². The second-order valence-electron chi connectivity index (χ2n) is 3.23. The highest BCUT2D eigenvalue weighted by Gasteiger charge is 2.08. The highest BCUT2D eigenvalue weighted by atomic mass is 16.1. The van der Waals surface area contributed by atoms with Crippen molar-refractivity contribution in [2.75, 3.05) is 13.1 Å². The molecule has 13 heavy (non-hydrogen) atoms. The van der Waals surface area contributed by atoms with Crippen molar-refractivity contribution >= 4 is 5.78 Å². The molecule has 0 aliphatic rings. The number of carbonyl (C=O) groups excluding carboxylic acids is 1. The van der Waals surface area contributed by atoms with E-state index >= 15 is 0 Å². The maximum atomic E-state index is 11.3. The van der Waals surface area contributed by atoms with E-state index in [1.165, 1.54) is 0 Å². The van der Waals surface area contributed by atoms with Gasteiger partial charge in [0.25, 0.3) is 0 Å². The fraction of sp³-hybridized carbons (Fsp3) is 0.727. The molecule has 0 saturated heterocycles. The molecule has 0 unspecified atom stereocenters. The predicted molar refractivity (Wildman–Crippen MR) is 55.4 cm³/mol. The molecular weight excluding hydrogens is 162 g/mol. The third-order valence-corrected chi connectivity index (χ3v) is 2.22. The van der Waals surface area contributed by atoms with Crippen molar-refractivity contribution in [1.29, 1.82) is 0 Å². The monoisotopic (exact) mass is 181 g/mol. The third kappa shape index (κ3) is 6.36. The molecule has 0 spiro atoms. The molecule has 0 aromatic carbocycles. The van der Waals surface area contributed by atoms with Gasteiger partial charge in [-0.1, -0.05) is 32.6 Å². The molecule has 0 saturated carbocycles. The summed E-state index contributed by atoms with van der Waals surface area (Å²) in [4.78, 5) is 11.3. The van der Waals surface area contributed by atoms with Gasteiger partial charge in [-0.15, -0.1) is 6.42 Å². The van der Waals surface area contributed by atoms with Crippen molar-refractivity contribution in [3.63, 3.8) is 0 Å². The summed E-state index contributed by atoms with van der Waals surface area (Å²) in [6.45, 7) is 5.14. The smallest absolute Gasteiger partial charge is 0.146 e. The van der Waals surface area contributed by atoms with E-state index in [2.05, 4.69) is 25.1 Å². The lowest BCUT2D eigenvalue weighted by Gasteiger charge is -2.10. The Balaban J connectivity index is 3.55. The van der Waals surface area contributed by atoms with Gasteiger partial charge in [0.15, 0.2) is 0 Å². The molecule has 0 heterocycles. The molecule has 1 N–H and O–H groups in total. The van der Waals surface area contributed by atoms with E-state index in [1.807, 2.05) is 0 Å². The van der Waals surface area contributed by atoms with Gasteiger partial charge in [0.05, 0.1) is 13.1 Å². The van der Waals surface area contributed by atoms with Crippen LogP contribution in [0.1, 0.15) is 33.1 Å². The van der Waals surface area contributed by atoms with Crippen molar-refractivity contribution in [1.82, 2.24) is 5.32 Å². The predicted octanol–water partition coefficient (Wildman–Crippen LogP) is 1.60. The minimum Gasteiger partial charge on any atom is -0.299 e. The van der Waals surface area contributed by atoms with Crippen LogP contribution in [0.5, 0.6) is 0 Å². The normalized spacial score (nSPS) is 10.0. The summed E-state index contributed by atoms with van der Waals surface area (Å²) in [6, 6.07) is 0. The van der Waals surface area contributed by atoms with E-state index in [4.69, 9.17) is 6.42 Å². The summed E-state index contributed by atoms with van der Waals surface area (Å²) >= 11 is 0. The van der Waals surface area contributed by atoms with Gasteiger partial charge in [-0.2, -0.15) is 0 Å². The molecule has 0 rings (SSSR count). The molecule has 0 atom stereocenters. The largest absolute Gasteiger partial charge is 0.299 e. The van der Waals surface area contributed by atoms with Crippen LogP contribution < -0.4 is 5.32 Å². The molecular formula is C11H19NO. The lowest BCUT2D eigenvalue weighted by atomic mass is 9.97. The third-order valence-electron chi connectivity index (χ3n) is 2.22. The van der Waals surface area contributed by atoms with Gasteiger partial charge in [-0.3, -0.25) is 10.1 Å². The molecule has 2 nitrogen and oxygen atoms in total. The van der Waals surface area contributed by atoms with Crippen LogP contribution in [-0.4, -0.2) is 18.9 Å². The summed E-state index contributed by atoms with van der Waals surface area (Å²) in [7, 11) is 0. The van der Waals surface area contributed by atoms with E-state index in [9.17, 15) is 4.79 Å². The number of hydrogen-bond donors (Lipinski definition) is 1. The minimum atomic E-state index is 0.268. The fourth-order valence-corrected chi connectivity index (χ4v) is 1.25. The molecule has 0 aromatic heterocycles. The Morgan fingerprint density at radius 1 is 1.46 bits per heavy atom. The summed E-state index contributed by atoms with van der Waals surface area (Å²) in [5.41, 5.74) is 0. The molecule has 2 heteroatoms. The van der Waals surface area contributed by atoms with Crippen molar-refractivity contribution in [3.8, 4) is 12.3 Å². The van der Waals surface area contributed by atoms with Gasteiger partial charge in [-0.05, 0) is 5.92 Å². The minimum absolute atomic E-state index is 0.268. The zero-order valence-electron chi connectivity index (χ0n) is 8.60. The summed E-state index contributed by atoms with van der Waals surface area (Å²) < 4.78 is 0. The summed E-state index contributed by atoms with van der Waals surface area (Å²) in [6.07, 6.45) is 7.89. The van der Waals surface area contributed by atoms with Gasteiger partial charge >= 0.3 is 0 Å². The molecule has 0 bridgehead atoms. The average molecular weight is 181 g/mol. The Labute approximate surface area is 81.1 Å². The Morgan fingerprint density at radius 2 is 2.08 bits per heavy atom. The van der Waals surface area contributed by atoms with Crippen molar-refractivity contribution in [2.45, 2.75) is 33.1 Å². The van der Waals surface area contributed by atoms with Crippen molar-refractivity contribution in [3.05, 3.63) is 0 Å². The second-order valence-corrected chi connectivity index (χ2v) is 3.23. The number of terminal acetylenes is 1. The standard InChI is InChI=1S/C11H19NO/c1-4-7-12-9-11(13)8-10(5-2)6-3/h1,10,12H,5-9H2,2-3H3. The average Bonchev–Trinajstić information content (AvgIpc) is 2.14. The lowest BCUT2D eigenvalue weighted by Crippen LogP contribution is -2.24. The SMILES string of the molecule is C#CCNCC(=O)CC(CC)CC. The maximum absolute atomic E-state index is 11.3. The second kappa shape index (κ2) is 7.82. The Hall–Kier alpha value is -0.810. The van der Waals surface area contributed by atoms with Crippen LogP contribution in [0.25, 0.3) is 0 Å².